The van der Waals surface area contributed by atoms with E-state index in [4.69, 9.17) is 20.6 Å². The number of hydrogen-bond acceptors (Lipinski definition) is 0. The summed E-state index contributed by atoms with van der Waals surface area (Å²) >= 11 is 0. The van der Waals surface area contributed by atoms with Gasteiger partial charge < -0.3 is 0 Å². The first kappa shape index (κ1) is 10.9. The number of hydrogen-bond donors (Lipinski definition) is 0. The van der Waals surface area contributed by atoms with Crippen LogP contribution in [0.4, 0.5) is 0 Å². The van der Waals surface area contributed by atoms with Crippen LogP contribution in [0.3, 0.4) is 0 Å². The minimum absolute atomic E-state index is 0.263. The van der Waals surface area contributed by atoms with E-state index in [-0.39, 0.29) is 21.5 Å². The summed E-state index contributed by atoms with van der Waals surface area (Å²) in [6.07, 6.45) is 0. The average molecular weight is 622 g/mol. The lowest BCUT2D eigenvalue weighted by Crippen LogP contribution is -2.15. The van der Waals surface area contributed by atoms with Crippen molar-refractivity contribution < 1.29 is 37.0 Å². The molecule has 0 nitrogen and oxygen atoms in total. The lowest BCUT2D eigenvalue weighted by molar-refractivity contribution is 0.661. The van der Waals surface area contributed by atoms with Crippen LogP contribution in [-0.4, -0.2) is 0 Å². The molecule has 0 aliphatic heterocycles. The first-order chi connectivity index (χ1) is 34.4. The topological polar surface area (TPSA) is 0 Å². The van der Waals surface area contributed by atoms with E-state index < -0.39 is 245 Å². The van der Waals surface area contributed by atoms with Crippen LogP contribution >= 0.6 is 0 Å². The summed E-state index contributed by atoms with van der Waals surface area (Å²) in [5.74, 6) is 0. The van der Waals surface area contributed by atoms with E-state index in [1.165, 1.54) is 0 Å². The molecule has 11 rings (SSSR count). The molecule has 0 saturated heterocycles. The standard InChI is InChI=1S/C47H30/c1-47(2)41-25-33(35-19-13-31-11-9-27-5-3-7-29-15-23-39(35)45(31)43(27)29)17-21-37(41)38-22-18-34(26-42(38)47)36-20-14-32-12-10-28-6-4-8-30-16-24-40(36)46(32)44(28)30/h3-26H,1-2H3/i1D3,3D,4D,5D,6D,7D,8D,9D,10D,11D,12D,13D,14D,15D,16D,17D,18D,19D,20D,21D,22D,23D,24D,25D,26D. The van der Waals surface area contributed by atoms with Crippen molar-refractivity contribution in [2.75, 3.05) is 0 Å². The Hall–Kier alpha value is -5.72. The fourth-order valence-electron chi connectivity index (χ4n) is 6.81. The van der Waals surface area contributed by atoms with E-state index in [9.17, 15) is 16.4 Å². The maximum atomic E-state index is 9.95. The van der Waals surface area contributed by atoms with Gasteiger partial charge in [0.1, 0.15) is 0 Å². The van der Waals surface area contributed by atoms with Gasteiger partial charge in [-0.3, -0.25) is 0 Å². The molecule has 1 aliphatic carbocycles. The van der Waals surface area contributed by atoms with Gasteiger partial charge in [-0.1, -0.05) is 147 Å². The van der Waals surface area contributed by atoms with Crippen molar-refractivity contribution in [1.82, 2.24) is 0 Å². The zero-order chi connectivity index (χ0) is 54.4. The molecular formula is C47H30. The number of rotatable bonds is 2. The first-order valence-corrected chi connectivity index (χ1v) is 14.5. The highest BCUT2D eigenvalue weighted by Gasteiger charge is 2.36. The van der Waals surface area contributed by atoms with Gasteiger partial charge >= 0.3 is 0 Å². The van der Waals surface area contributed by atoms with Crippen molar-refractivity contribution in [2.24, 2.45) is 0 Å². The van der Waals surface area contributed by atoms with Gasteiger partial charge in [-0.15, -0.1) is 0 Å². The van der Waals surface area contributed by atoms with E-state index >= 15 is 0 Å². The Bertz CT molecular complexity index is 4080. The second kappa shape index (κ2) is 8.75. The summed E-state index contributed by atoms with van der Waals surface area (Å²) in [5, 5.41) is -4.60. The highest BCUT2D eigenvalue weighted by Crippen LogP contribution is 2.52. The van der Waals surface area contributed by atoms with Crippen molar-refractivity contribution in [2.45, 2.75) is 19.2 Å². The lowest BCUT2D eigenvalue weighted by atomic mass is 9.80. The molecule has 0 N–H and O–H groups in total. The normalized spacial score (nSPS) is 22.3. The third-order valence-electron chi connectivity index (χ3n) is 9.00. The van der Waals surface area contributed by atoms with Crippen LogP contribution in [0.15, 0.2) is 145 Å². The van der Waals surface area contributed by atoms with Gasteiger partial charge in [0.05, 0.1) is 32.9 Å². The first-order valence-electron chi connectivity index (χ1n) is 28.0. The van der Waals surface area contributed by atoms with Gasteiger partial charge in [-0.2, -0.15) is 0 Å². The summed E-state index contributed by atoms with van der Waals surface area (Å²) in [6.45, 7) is -2.37. The summed E-state index contributed by atoms with van der Waals surface area (Å²) in [7, 11) is 0. The highest BCUT2D eigenvalue weighted by molar-refractivity contribution is 6.26. The molecule has 0 radical (unpaired) electrons. The molecule has 10 aromatic carbocycles. The van der Waals surface area contributed by atoms with Crippen LogP contribution < -0.4 is 0 Å². The molecule has 0 atom stereocenters. The average Bonchev–Trinajstić information content (AvgIpc) is 3.64. The smallest absolute Gasteiger partial charge is 0.0610 e. The third-order valence-corrected chi connectivity index (χ3v) is 9.00. The Morgan fingerprint density at radius 1 is 0.404 bits per heavy atom. The fraction of sp³-hybridized carbons (Fsp3) is 0.0638. The van der Waals surface area contributed by atoms with E-state index in [1.807, 2.05) is 0 Å². The largest absolute Gasteiger partial charge is 0.0633 e. The predicted octanol–water partition coefficient (Wildman–Crippen LogP) is 13.1. The van der Waals surface area contributed by atoms with Gasteiger partial charge in [-0.25, -0.2) is 0 Å². The molecule has 0 heterocycles. The van der Waals surface area contributed by atoms with Crippen LogP contribution in [0.5, 0.6) is 0 Å². The SMILES string of the molecule is [2H]c1c([2H])c2c(c([2H])c1-c1c([2H])c([2H])c3c([2H])c([2H])c4c([2H])c([2H])c([2H])c5c([2H])c([2H])c1c3c45)C(C)(C([2H])([2H])[2H])c1c([2H])c(-c3c([2H])c([2H])c4c([2H])c([2H])c5c([2H])c([2H])c([2H])c6c([2H])c([2H])c3c4c56)c([2H])c([2H])c1-2. The van der Waals surface area contributed by atoms with Gasteiger partial charge in [0.2, 0.25) is 0 Å². The molecule has 0 heteroatoms. The van der Waals surface area contributed by atoms with E-state index in [2.05, 4.69) is 0 Å². The number of benzene rings is 10. The third kappa shape index (κ3) is 3.27. The van der Waals surface area contributed by atoms with Crippen LogP contribution in [0.1, 0.15) is 61.9 Å². The molecule has 0 unspecified atom stereocenters. The maximum absolute atomic E-state index is 9.95. The van der Waals surface area contributed by atoms with Crippen LogP contribution in [0.25, 0.3) is 98.0 Å². The molecule has 0 fully saturated rings. The van der Waals surface area contributed by atoms with E-state index in [1.54, 1.807) is 0 Å². The second-order valence-corrected chi connectivity index (χ2v) is 11.6. The molecule has 0 aromatic heterocycles. The molecular weight excluding hydrogens is 565 g/mol. The van der Waals surface area contributed by atoms with Gasteiger partial charge in [0, 0.05) is 9.53 Å². The summed E-state index contributed by atoms with van der Waals surface area (Å²) in [5.41, 5.74) is -7.98. The maximum Gasteiger partial charge on any atom is 0.0633 e. The van der Waals surface area contributed by atoms with Crippen molar-refractivity contribution in [1.29, 1.82) is 0 Å². The predicted molar refractivity (Wildman–Crippen MR) is 202 cm³/mol. The lowest BCUT2D eigenvalue weighted by Gasteiger charge is -2.23. The molecule has 1 aliphatic rings. The fourth-order valence-corrected chi connectivity index (χ4v) is 6.81. The van der Waals surface area contributed by atoms with Crippen molar-refractivity contribution >= 4 is 64.6 Å². The highest BCUT2D eigenvalue weighted by atomic mass is 14.4. The molecule has 0 saturated carbocycles. The second-order valence-electron chi connectivity index (χ2n) is 11.6. The molecule has 0 spiro atoms. The minimum atomic E-state index is -3.41. The van der Waals surface area contributed by atoms with Gasteiger partial charge in [0.25, 0.3) is 0 Å². The molecule has 47 heavy (non-hydrogen) atoms. The minimum Gasteiger partial charge on any atom is -0.0610 e. The Kier molecular flexibility index (Phi) is 2.03. The van der Waals surface area contributed by atoms with E-state index in [0.29, 0.717) is 0 Å². The Labute approximate surface area is 311 Å². The summed E-state index contributed by atoms with van der Waals surface area (Å²) in [6, 6.07) is -19.2. The van der Waals surface area contributed by atoms with Gasteiger partial charge in [-0.05, 0) is 121 Å². The summed E-state index contributed by atoms with van der Waals surface area (Å²) in [4.78, 5) is 0. The Balaban J connectivity index is 1.31. The quantitative estimate of drug-likeness (QED) is 0.168. The molecule has 0 amide bonds. The Morgan fingerprint density at radius 2 is 0.766 bits per heavy atom. The van der Waals surface area contributed by atoms with Crippen molar-refractivity contribution in [3.05, 3.63) is 156 Å². The van der Waals surface area contributed by atoms with Crippen LogP contribution in [0, 0.1) is 0 Å². The molecule has 0 bridgehead atoms. The van der Waals surface area contributed by atoms with Crippen LogP contribution in [-0.2, 0) is 5.41 Å². The van der Waals surface area contributed by atoms with Crippen LogP contribution in [0.2, 0.25) is 0 Å². The zero-order valence-electron chi connectivity index (χ0n) is 51.0. The zero-order valence-corrected chi connectivity index (χ0v) is 24.0. The summed E-state index contributed by atoms with van der Waals surface area (Å²) < 4.78 is 247. The Morgan fingerprint density at radius 3 is 1.19 bits per heavy atom. The molecule has 218 valence electrons. The van der Waals surface area contributed by atoms with Crippen molar-refractivity contribution in [3.63, 3.8) is 0 Å². The monoisotopic (exact) mass is 621 g/mol. The molecule has 10 aromatic rings. The van der Waals surface area contributed by atoms with Crippen molar-refractivity contribution in [3.8, 4) is 33.4 Å². The van der Waals surface area contributed by atoms with E-state index in [0.717, 1.165) is 6.92 Å². The van der Waals surface area contributed by atoms with Gasteiger partial charge in [0.15, 0.2) is 0 Å². The number of fused-ring (bicyclic) bond motifs is 3.